The third-order valence-electron chi connectivity index (χ3n) is 2.89. The molecular formula is C14H21N3. The number of nitrogens with zero attached hydrogens (tertiary/aromatic N) is 2. The molecule has 0 bridgehead atoms. The SMILES string of the molecule is CCNC(C#N)CCN(C)c1ccccc1C. The maximum atomic E-state index is 8.96. The van der Waals surface area contributed by atoms with E-state index in [-0.39, 0.29) is 6.04 Å². The first kappa shape index (κ1) is 13.5. The van der Waals surface area contributed by atoms with E-state index in [1.165, 1.54) is 11.3 Å². The van der Waals surface area contributed by atoms with Gasteiger partial charge in [-0.2, -0.15) is 5.26 Å². The molecule has 1 N–H and O–H groups in total. The van der Waals surface area contributed by atoms with Gasteiger partial charge in [-0.25, -0.2) is 0 Å². The van der Waals surface area contributed by atoms with Crippen LogP contribution in [-0.4, -0.2) is 26.2 Å². The highest BCUT2D eigenvalue weighted by molar-refractivity contribution is 5.52. The standard InChI is InChI=1S/C14H21N3/c1-4-16-13(11-15)9-10-17(3)14-8-6-5-7-12(14)2/h5-8,13,16H,4,9-10H2,1-3H3. The molecule has 0 amide bonds. The molecule has 0 fully saturated rings. The predicted molar refractivity (Wildman–Crippen MR) is 72.1 cm³/mol. The lowest BCUT2D eigenvalue weighted by atomic mass is 10.1. The Morgan fingerprint density at radius 3 is 2.71 bits per heavy atom. The van der Waals surface area contributed by atoms with Crippen LogP contribution in [0.5, 0.6) is 0 Å². The summed E-state index contributed by atoms with van der Waals surface area (Å²) < 4.78 is 0. The smallest absolute Gasteiger partial charge is 0.0969 e. The van der Waals surface area contributed by atoms with E-state index in [9.17, 15) is 0 Å². The van der Waals surface area contributed by atoms with Crippen LogP contribution in [0.15, 0.2) is 24.3 Å². The van der Waals surface area contributed by atoms with Crippen molar-refractivity contribution in [2.75, 3.05) is 25.0 Å². The van der Waals surface area contributed by atoms with Crippen molar-refractivity contribution in [3.05, 3.63) is 29.8 Å². The number of benzene rings is 1. The minimum Gasteiger partial charge on any atom is -0.374 e. The number of hydrogen-bond donors (Lipinski definition) is 1. The predicted octanol–water partition coefficient (Wildman–Crippen LogP) is 2.32. The molecule has 0 saturated heterocycles. The van der Waals surface area contributed by atoms with Gasteiger partial charge in [0.25, 0.3) is 0 Å². The molecule has 0 radical (unpaired) electrons. The van der Waals surface area contributed by atoms with Crippen LogP contribution in [0.25, 0.3) is 0 Å². The summed E-state index contributed by atoms with van der Waals surface area (Å²) in [6, 6.07) is 10.6. The monoisotopic (exact) mass is 231 g/mol. The number of aryl methyl sites for hydroxylation is 1. The van der Waals surface area contributed by atoms with Gasteiger partial charge in [-0.3, -0.25) is 0 Å². The van der Waals surface area contributed by atoms with Crippen LogP contribution < -0.4 is 10.2 Å². The van der Waals surface area contributed by atoms with Gasteiger partial charge in [0.15, 0.2) is 0 Å². The highest BCUT2D eigenvalue weighted by Crippen LogP contribution is 2.17. The summed E-state index contributed by atoms with van der Waals surface area (Å²) in [5.41, 5.74) is 2.51. The normalized spacial score (nSPS) is 11.9. The molecule has 1 atom stereocenters. The maximum Gasteiger partial charge on any atom is 0.0969 e. The maximum absolute atomic E-state index is 8.96. The lowest BCUT2D eigenvalue weighted by Crippen LogP contribution is -2.32. The molecule has 0 saturated carbocycles. The van der Waals surface area contributed by atoms with E-state index >= 15 is 0 Å². The molecule has 92 valence electrons. The van der Waals surface area contributed by atoms with Crippen molar-refractivity contribution in [2.45, 2.75) is 26.3 Å². The summed E-state index contributed by atoms with van der Waals surface area (Å²) in [6.45, 7) is 5.86. The Kier molecular flexibility index (Phi) is 5.51. The fraction of sp³-hybridized carbons (Fsp3) is 0.500. The molecule has 0 spiro atoms. The van der Waals surface area contributed by atoms with Gasteiger partial charge in [0.1, 0.15) is 0 Å². The molecule has 17 heavy (non-hydrogen) atoms. The van der Waals surface area contributed by atoms with Gasteiger partial charge in [0.05, 0.1) is 12.1 Å². The third-order valence-corrected chi connectivity index (χ3v) is 2.89. The molecule has 0 aliphatic rings. The second kappa shape index (κ2) is 6.93. The third kappa shape index (κ3) is 4.08. The Hall–Kier alpha value is -1.53. The van der Waals surface area contributed by atoms with Crippen molar-refractivity contribution in [1.82, 2.24) is 5.32 Å². The minimum atomic E-state index is -0.0496. The summed E-state index contributed by atoms with van der Waals surface area (Å²) in [5, 5.41) is 12.1. The van der Waals surface area contributed by atoms with Crippen molar-refractivity contribution in [1.29, 1.82) is 5.26 Å². The van der Waals surface area contributed by atoms with Crippen molar-refractivity contribution in [3.8, 4) is 6.07 Å². The molecule has 0 heterocycles. The average Bonchev–Trinajstić information content (AvgIpc) is 2.34. The number of para-hydroxylation sites is 1. The van der Waals surface area contributed by atoms with Crippen LogP contribution in [0.4, 0.5) is 5.69 Å². The van der Waals surface area contributed by atoms with Crippen LogP contribution in [0.2, 0.25) is 0 Å². The van der Waals surface area contributed by atoms with E-state index < -0.39 is 0 Å². The lowest BCUT2D eigenvalue weighted by molar-refractivity contribution is 0.582. The fourth-order valence-electron chi connectivity index (χ4n) is 1.89. The van der Waals surface area contributed by atoms with Gasteiger partial charge in [-0.05, 0) is 31.5 Å². The molecule has 3 heteroatoms. The van der Waals surface area contributed by atoms with Gasteiger partial charge in [0, 0.05) is 19.3 Å². The van der Waals surface area contributed by atoms with E-state index in [1.54, 1.807) is 0 Å². The van der Waals surface area contributed by atoms with Gasteiger partial charge < -0.3 is 10.2 Å². The number of hydrogen-bond acceptors (Lipinski definition) is 3. The first-order chi connectivity index (χ1) is 8.19. The Bertz CT molecular complexity index is 381. The molecule has 0 aliphatic heterocycles. The summed E-state index contributed by atoms with van der Waals surface area (Å²) >= 11 is 0. The van der Waals surface area contributed by atoms with Crippen molar-refractivity contribution < 1.29 is 0 Å². The van der Waals surface area contributed by atoms with Crippen molar-refractivity contribution in [3.63, 3.8) is 0 Å². The largest absolute Gasteiger partial charge is 0.374 e. The van der Waals surface area contributed by atoms with E-state index in [0.717, 1.165) is 19.5 Å². The van der Waals surface area contributed by atoms with Crippen LogP contribution in [-0.2, 0) is 0 Å². The zero-order chi connectivity index (χ0) is 12.7. The van der Waals surface area contributed by atoms with Gasteiger partial charge in [-0.1, -0.05) is 25.1 Å². The Morgan fingerprint density at radius 2 is 2.12 bits per heavy atom. The van der Waals surface area contributed by atoms with Crippen LogP contribution >= 0.6 is 0 Å². The molecule has 1 rings (SSSR count). The average molecular weight is 231 g/mol. The summed E-state index contributed by atoms with van der Waals surface area (Å²) in [4.78, 5) is 2.21. The number of anilines is 1. The molecular weight excluding hydrogens is 210 g/mol. The highest BCUT2D eigenvalue weighted by atomic mass is 15.1. The topological polar surface area (TPSA) is 39.1 Å². The van der Waals surface area contributed by atoms with E-state index in [2.05, 4.69) is 42.4 Å². The summed E-state index contributed by atoms with van der Waals surface area (Å²) in [7, 11) is 2.07. The van der Waals surface area contributed by atoms with Crippen molar-refractivity contribution >= 4 is 5.69 Å². The second-order valence-electron chi connectivity index (χ2n) is 4.24. The van der Waals surface area contributed by atoms with Gasteiger partial charge in [-0.15, -0.1) is 0 Å². The van der Waals surface area contributed by atoms with Crippen LogP contribution in [0.1, 0.15) is 18.9 Å². The Morgan fingerprint density at radius 1 is 1.41 bits per heavy atom. The summed E-state index contributed by atoms with van der Waals surface area (Å²) in [5.74, 6) is 0. The van der Waals surface area contributed by atoms with E-state index in [4.69, 9.17) is 5.26 Å². The lowest BCUT2D eigenvalue weighted by Gasteiger charge is -2.22. The zero-order valence-corrected chi connectivity index (χ0v) is 10.9. The van der Waals surface area contributed by atoms with E-state index in [1.807, 2.05) is 19.1 Å². The first-order valence-corrected chi connectivity index (χ1v) is 6.08. The first-order valence-electron chi connectivity index (χ1n) is 6.08. The van der Waals surface area contributed by atoms with Gasteiger partial charge >= 0.3 is 0 Å². The quantitative estimate of drug-likeness (QED) is 0.816. The molecule has 3 nitrogen and oxygen atoms in total. The van der Waals surface area contributed by atoms with Crippen molar-refractivity contribution in [2.24, 2.45) is 0 Å². The molecule has 1 aromatic carbocycles. The number of nitriles is 1. The fourth-order valence-corrected chi connectivity index (χ4v) is 1.89. The minimum absolute atomic E-state index is 0.0496. The molecule has 0 aliphatic carbocycles. The highest BCUT2D eigenvalue weighted by Gasteiger charge is 2.08. The molecule has 1 unspecified atom stereocenters. The number of nitrogens with one attached hydrogen (secondary N) is 1. The van der Waals surface area contributed by atoms with Gasteiger partial charge in [0.2, 0.25) is 0 Å². The van der Waals surface area contributed by atoms with Crippen LogP contribution in [0, 0.1) is 18.3 Å². The Labute approximate surface area is 104 Å². The number of rotatable bonds is 6. The van der Waals surface area contributed by atoms with E-state index in [0.29, 0.717) is 0 Å². The second-order valence-corrected chi connectivity index (χ2v) is 4.24. The Balaban J connectivity index is 2.53. The molecule has 1 aromatic rings. The summed E-state index contributed by atoms with van der Waals surface area (Å²) in [6.07, 6.45) is 0.842. The zero-order valence-electron chi connectivity index (χ0n) is 10.9. The molecule has 0 aromatic heterocycles. The van der Waals surface area contributed by atoms with Crippen LogP contribution in [0.3, 0.4) is 0 Å².